The van der Waals surface area contributed by atoms with Crippen LogP contribution in [0, 0.1) is 10.1 Å². The number of anilines is 1. The molecule has 3 amide bonds. The summed E-state index contributed by atoms with van der Waals surface area (Å²) in [6.45, 7) is 1.47. The zero-order chi connectivity index (χ0) is 26.5. The lowest BCUT2D eigenvalue weighted by Gasteiger charge is -2.22. The van der Waals surface area contributed by atoms with Crippen molar-refractivity contribution in [3.8, 4) is 0 Å². The molecule has 0 spiro atoms. The number of hydrogen-bond acceptors (Lipinski definition) is 6. The molecule has 0 radical (unpaired) electrons. The number of nitrogens with one attached hydrogen (secondary N) is 2. The predicted molar refractivity (Wildman–Crippen MR) is 138 cm³/mol. The first-order valence-corrected chi connectivity index (χ1v) is 11.6. The van der Waals surface area contributed by atoms with Gasteiger partial charge in [0.1, 0.15) is 6.04 Å². The van der Waals surface area contributed by atoms with Crippen LogP contribution in [0.4, 0.5) is 11.4 Å². The zero-order valence-corrected chi connectivity index (χ0v) is 20.3. The molecule has 37 heavy (non-hydrogen) atoms. The van der Waals surface area contributed by atoms with Crippen LogP contribution in [0.2, 0.25) is 0 Å². The number of rotatable bonds is 7. The van der Waals surface area contributed by atoms with Crippen LogP contribution < -0.4 is 15.5 Å². The Hall–Kier alpha value is -4.86. The molecule has 0 saturated carbocycles. The summed E-state index contributed by atoms with van der Waals surface area (Å²) in [4.78, 5) is 55.5. The van der Waals surface area contributed by atoms with Crippen molar-refractivity contribution in [1.29, 1.82) is 0 Å². The molecule has 0 aromatic heterocycles. The molecule has 188 valence electrons. The van der Waals surface area contributed by atoms with Gasteiger partial charge in [0.15, 0.2) is 0 Å². The predicted octanol–water partition coefficient (Wildman–Crippen LogP) is 2.60. The summed E-state index contributed by atoms with van der Waals surface area (Å²) >= 11 is 0. The maximum absolute atomic E-state index is 13.3. The van der Waals surface area contributed by atoms with E-state index in [9.17, 15) is 24.5 Å². The number of hydrogen-bond donors (Lipinski definition) is 2. The number of nitro benzene ring substituents is 1. The molecule has 3 aromatic carbocycles. The minimum absolute atomic E-state index is 0.177. The molecule has 4 rings (SSSR count). The van der Waals surface area contributed by atoms with E-state index in [1.165, 1.54) is 30.0 Å². The summed E-state index contributed by atoms with van der Waals surface area (Å²) in [7, 11) is 1.61. The van der Waals surface area contributed by atoms with E-state index in [2.05, 4.69) is 15.6 Å². The highest BCUT2D eigenvalue weighted by Gasteiger charge is 2.32. The Morgan fingerprint density at radius 2 is 1.68 bits per heavy atom. The Kier molecular flexibility index (Phi) is 7.38. The van der Waals surface area contributed by atoms with Gasteiger partial charge in [-0.2, -0.15) is 0 Å². The molecule has 2 atom stereocenters. The molecule has 10 nitrogen and oxygen atoms in total. The average Bonchev–Trinajstić information content (AvgIpc) is 3.00. The number of benzene rings is 3. The van der Waals surface area contributed by atoms with Gasteiger partial charge in [-0.15, -0.1) is 0 Å². The summed E-state index contributed by atoms with van der Waals surface area (Å²) in [5, 5.41) is 16.4. The number of benzodiazepines with no additional fused rings is 1. The van der Waals surface area contributed by atoms with Crippen LogP contribution in [0.25, 0.3) is 0 Å². The Labute approximate surface area is 213 Å². The van der Waals surface area contributed by atoms with Gasteiger partial charge in [0, 0.05) is 29.8 Å². The first kappa shape index (κ1) is 25.2. The minimum Gasteiger partial charge on any atom is -0.344 e. The van der Waals surface area contributed by atoms with Crippen LogP contribution in [-0.2, 0) is 20.8 Å². The molecule has 0 unspecified atom stereocenters. The summed E-state index contributed by atoms with van der Waals surface area (Å²) in [5.74, 6) is -1.63. The fourth-order valence-electron chi connectivity index (χ4n) is 4.07. The van der Waals surface area contributed by atoms with Gasteiger partial charge in [-0.1, -0.05) is 66.7 Å². The van der Waals surface area contributed by atoms with E-state index in [0.29, 0.717) is 11.4 Å². The first-order valence-electron chi connectivity index (χ1n) is 11.6. The summed E-state index contributed by atoms with van der Waals surface area (Å²) in [5.41, 5.74) is 2.78. The fourth-order valence-corrected chi connectivity index (χ4v) is 4.07. The van der Waals surface area contributed by atoms with Gasteiger partial charge in [-0.25, -0.2) is 4.99 Å². The number of aliphatic imine (C=N–C) groups is 1. The molecule has 2 N–H and O–H groups in total. The standard InChI is InChI=1S/C27H25N5O5/c1-17(28-23(33)16-19-12-6-8-14-21(19)32(36)37)26(34)30-25-27(35)31(2)22-15-9-7-13-20(22)24(29-25)18-10-4-3-5-11-18/h3-15,17,25H,16H2,1-2H3,(H,28,33)(H,30,34)/t17-,25+/m0/s1. The summed E-state index contributed by atoms with van der Waals surface area (Å²) in [6.07, 6.45) is -1.50. The maximum atomic E-state index is 13.3. The second-order valence-corrected chi connectivity index (χ2v) is 8.52. The van der Waals surface area contributed by atoms with Gasteiger partial charge in [-0.3, -0.25) is 24.5 Å². The quantitative estimate of drug-likeness (QED) is 0.381. The molecule has 0 fully saturated rings. The number of amides is 3. The van der Waals surface area contributed by atoms with Crippen molar-refractivity contribution in [2.24, 2.45) is 4.99 Å². The van der Waals surface area contributed by atoms with Crippen molar-refractivity contribution in [3.05, 3.63) is 106 Å². The summed E-state index contributed by atoms with van der Waals surface area (Å²) < 4.78 is 0. The maximum Gasteiger partial charge on any atom is 0.273 e. The molecular weight excluding hydrogens is 474 g/mol. The number of carbonyl (C=O) groups is 3. The van der Waals surface area contributed by atoms with Gasteiger partial charge in [0.05, 0.1) is 22.7 Å². The van der Waals surface area contributed by atoms with Gasteiger partial charge < -0.3 is 15.5 Å². The molecule has 10 heteroatoms. The van der Waals surface area contributed by atoms with Crippen LogP contribution in [0.15, 0.2) is 83.9 Å². The number of carbonyl (C=O) groups excluding carboxylic acids is 3. The molecule has 0 bridgehead atoms. The SMILES string of the molecule is C[C@H](NC(=O)Cc1ccccc1[N+](=O)[O-])C(=O)N[C@H]1N=C(c2ccccc2)c2ccccc2N(C)C1=O. The molecule has 1 aliphatic rings. The van der Waals surface area contributed by atoms with Crippen molar-refractivity contribution in [2.45, 2.75) is 25.6 Å². The number of nitro groups is 1. The third kappa shape index (κ3) is 5.53. The van der Waals surface area contributed by atoms with E-state index in [4.69, 9.17) is 0 Å². The van der Waals surface area contributed by atoms with E-state index < -0.39 is 34.9 Å². The highest BCUT2D eigenvalue weighted by atomic mass is 16.6. The van der Waals surface area contributed by atoms with E-state index in [-0.39, 0.29) is 17.7 Å². The molecular formula is C27H25N5O5. The molecule has 0 aliphatic carbocycles. The minimum atomic E-state index is -1.23. The number of para-hydroxylation sites is 2. The van der Waals surface area contributed by atoms with Crippen molar-refractivity contribution >= 4 is 34.8 Å². The van der Waals surface area contributed by atoms with Crippen LogP contribution in [-0.4, -0.2) is 47.6 Å². The third-order valence-electron chi connectivity index (χ3n) is 5.98. The van der Waals surface area contributed by atoms with Crippen molar-refractivity contribution in [1.82, 2.24) is 10.6 Å². The van der Waals surface area contributed by atoms with Crippen molar-refractivity contribution in [2.75, 3.05) is 11.9 Å². The smallest absolute Gasteiger partial charge is 0.273 e. The summed E-state index contributed by atoms with van der Waals surface area (Å²) in [6, 6.07) is 21.6. The van der Waals surface area contributed by atoms with E-state index in [1.807, 2.05) is 54.6 Å². The van der Waals surface area contributed by atoms with Gasteiger partial charge in [-0.05, 0) is 13.0 Å². The van der Waals surface area contributed by atoms with Gasteiger partial charge in [0.2, 0.25) is 18.0 Å². The first-order chi connectivity index (χ1) is 17.8. The number of likely N-dealkylation sites (N-methyl/N-ethyl adjacent to an activating group) is 1. The van der Waals surface area contributed by atoms with Crippen molar-refractivity contribution < 1.29 is 19.3 Å². The van der Waals surface area contributed by atoms with Crippen LogP contribution >= 0.6 is 0 Å². The lowest BCUT2D eigenvalue weighted by molar-refractivity contribution is -0.385. The highest BCUT2D eigenvalue weighted by Crippen LogP contribution is 2.27. The topological polar surface area (TPSA) is 134 Å². The van der Waals surface area contributed by atoms with Gasteiger partial charge in [0.25, 0.3) is 11.6 Å². The Bertz CT molecular complexity index is 1390. The Morgan fingerprint density at radius 3 is 2.41 bits per heavy atom. The largest absolute Gasteiger partial charge is 0.344 e. The lowest BCUT2D eigenvalue weighted by Crippen LogP contribution is -2.52. The van der Waals surface area contributed by atoms with Crippen LogP contribution in [0.5, 0.6) is 0 Å². The highest BCUT2D eigenvalue weighted by molar-refractivity contribution is 6.20. The number of fused-ring (bicyclic) bond motifs is 1. The van der Waals surface area contributed by atoms with Crippen molar-refractivity contribution in [3.63, 3.8) is 0 Å². The fraction of sp³-hybridized carbons (Fsp3) is 0.185. The van der Waals surface area contributed by atoms with E-state index >= 15 is 0 Å². The molecule has 1 aliphatic heterocycles. The second kappa shape index (κ2) is 10.8. The molecule has 3 aromatic rings. The van der Waals surface area contributed by atoms with E-state index in [1.54, 1.807) is 13.1 Å². The molecule has 1 heterocycles. The van der Waals surface area contributed by atoms with Gasteiger partial charge >= 0.3 is 0 Å². The zero-order valence-electron chi connectivity index (χ0n) is 20.3. The second-order valence-electron chi connectivity index (χ2n) is 8.52. The van der Waals surface area contributed by atoms with Crippen LogP contribution in [0.3, 0.4) is 0 Å². The Balaban J connectivity index is 1.53. The molecule has 0 saturated heterocycles. The lowest BCUT2D eigenvalue weighted by atomic mass is 10.0. The third-order valence-corrected chi connectivity index (χ3v) is 5.98. The number of nitrogens with zero attached hydrogens (tertiary/aromatic N) is 3. The van der Waals surface area contributed by atoms with Crippen LogP contribution in [0.1, 0.15) is 23.6 Å². The Morgan fingerprint density at radius 1 is 1.03 bits per heavy atom. The normalized spacial score (nSPS) is 15.6. The monoisotopic (exact) mass is 499 g/mol. The van der Waals surface area contributed by atoms with E-state index in [0.717, 1.165) is 11.1 Å². The average molecular weight is 500 g/mol.